The summed E-state index contributed by atoms with van der Waals surface area (Å²) in [4.78, 5) is 26.0. The molecule has 2 aromatic heterocycles. The molecule has 160 valence electrons. The van der Waals surface area contributed by atoms with E-state index in [0.29, 0.717) is 4.88 Å². The molecule has 2 heterocycles. The van der Waals surface area contributed by atoms with Crippen molar-refractivity contribution in [3.63, 3.8) is 0 Å². The summed E-state index contributed by atoms with van der Waals surface area (Å²) in [6.07, 6.45) is 0.644. The van der Waals surface area contributed by atoms with E-state index in [9.17, 15) is 18.7 Å². The smallest absolute Gasteiger partial charge is 0.280 e. The second-order valence-electron chi connectivity index (χ2n) is 7.88. The van der Waals surface area contributed by atoms with Gasteiger partial charge < -0.3 is 15.3 Å². The molecule has 0 aliphatic heterocycles. The third kappa shape index (κ3) is 6.69. The first-order valence-corrected chi connectivity index (χ1v) is 9.92. The van der Waals surface area contributed by atoms with Gasteiger partial charge in [-0.15, -0.1) is 16.8 Å². The second-order valence-corrected chi connectivity index (χ2v) is 8.91. The van der Waals surface area contributed by atoms with Crippen LogP contribution in [0.4, 0.5) is 8.78 Å². The van der Waals surface area contributed by atoms with Crippen LogP contribution in [0.5, 0.6) is 5.88 Å². The number of hydrogen-bond acceptors (Lipinski definition) is 7. The standard InChI is InChI=1S/C19H26F2N4O3S/c1-6-18(2,3)25-28-14-7-11(15(20)21)12(8-22-14)13-9-23-17(29-13)16(26)24-10-19(4,5)27/h7-9,15,25,27H,6,10H2,1-5H3,(H,24,26). The van der Waals surface area contributed by atoms with Gasteiger partial charge in [0.2, 0.25) is 5.88 Å². The Bertz CT molecular complexity index is 850. The van der Waals surface area contributed by atoms with Gasteiger partial charge in [-0.2, -0.15) is 0 Å². The molecule has 0 fully saturated rings. The highest BCUT2D eigenvalue weighted by molar-refractivity contribution is 7.17. The van der Waals surface area contributed by atoms with Gasteiger partial charge in [0.15, 0.2) is 5.01 Å². The van der Waals surface area contributed by atoms with Gasteiger partial charge in [-0.05, 0) is 34.1 Å². The van der Waals surface area contributed by atoms with Crippen LogP contribution in [0, 0.1) is 0 Å². The van der Waals surface area contributed by atoms with E-state index in [1.807, 2.05) is 20.8 Å². The van der Waals surface area contributed by atoms with Gasteiger partial charge in [-0.25, -0.2) is 18.7 Å². The van der Waals surface area contributed by atoms with Crippen molar-refractivity contribution in [2.45, 2.75) is 58.6 Å². The Kier molecular flexibility index (Phi) is 7.25. The number of carbonyl (C=O) groups is 1. The molecule has 0 radical (unpaired) electrons. The maximum Gasteiger partial charge on any atom is 0.280 e. The van der Waals surface area contributed by atoms with Gasteiger partial charge in [-0.1, -0.05) is 6.92 Å². The molecule has 0 aliphatic carbocycles. The summed E-state index contributed by atoms with van der Waals surface area (Å²) in [6.45, 7) is 8.95. The van der Waals surface area contributed by atoms with Crippen molar-refractivity contribution in [3.8, 4) is 16.3 Å². The fraction of sp³-hybridized carbons (Fsp3) is 0.526. The summed E-state index contributed by atoms with van der Waals surface area (Å²) in [5, 5.41) is 12.4. The predicted molar refractivity (Wildman–Crippen MR) is 107 cm³/mol. The lowest BCUT2D eigenvalue weighted by Crippen LogP contribution is -2.41. The van der Waals surface area contributed by atoms with Crippen LogP contribution in [0.25, 0.3) is 10.4 Å². The normalized spacial score (nSPS) is 12.3. The van der Waals surface area contributed by atoms with Crippen molar-refractivity contribution in [2.75, 3.05) is 6.54 Å². The molecular weight excluding hydrogens is 402 g/mol. The van der Waals surface area contributed by atoms with Crippen molar-refractivity contribution in [2.24, 2.45) is 0 Å². The number of halogens is 2. The number of alkyl halides is 2. The lowest BCUT2D eigenvalue weighted by atomic mass is 10.0. The minimum Gasteiger partial charge on any atom is -0.389 e. The van der Waals surface area contributed by atoms with Crippen LogP contribution < -0.4 is 15.6 Å². The third-order valence-electron chi connectivity index (χ3n) is 4.11. The number of rotatable bonds is 9. The highest BCUT2D eigenvalue weighted by Gasteiger charge is 2.22. The van der Waals surface area contributed by atoms with Gasteiger partial charge >= 0.3 is 0 Å². The van der Waals surface area contributed by atoms with E-state index in [1.54, 1.807) is 13.8 Å². The number of nitrogens with zero attached hydrogens (tertiary/aromatic N) is 2. The minimum absolute atomic E-state index is 0.0261. The average molecular weight is 429 g/mol. The molecular formula is C19H26F2N4O3S. The van der Waals surface area contributed by atoms with E-state index < -0.39 is 17.9 Å². The monoisotopic (exact) mass is 428 g/mol. The van der Waals surface area contributed by atoms with Crippen molar-refractivity contribution >= 4 is 17.2 Å². The highest BCUT2D eigenvalue weighted by Crippen LogP contribution is 2.35. The summed E-state index contributed by atoms with van der Waals surface area (Å²) in [6, 6.07) is 1.17. The highest BCUT2D eigenvalue weighted by atomic mass is 32.1. The van der Waals surface area contributed by atoms with E-state index in [-0.39, 0.29) is 34.1 Å². The number of pyridine rings is 1. The topological polar surface area (TPSA) is 96.4 Å². The number of nitrogens with one attached hydrogen (secondary N) is 2. The minimum atomic E-state index is -2.76. The van der Waals surface area contributed by atoms with Gasteiger partial charge in [0, 0.05) is 41.7 Å². The Morgan fingerprint density at radius 3 is 2.55 bits per heavy atom. The molecule has 1 amide bonds. The summed E-state index contributed by atoms with van der Waals surface area (Å²) in [7, 11) is 0. The first-order chi connectivity index (χ1) is 13.4. The molecule has 0 atom stereocenters. The lowest BCUT2D eigenvalue weighted by Gasteiger charge is -2.23. The van der Waals surface area contributed by atoms with Crippen LogP contribution in [0.1, 0.15) is 62.8 Å². The van der Waals surface area contributed by atoms with Crippen molar-refractivity contribution < 1.29 is 23.5 Å². The fourth-order valence-electron chi connectivity index (χ4n) is 2.03. The average Bonchev–Trinajstić information content (AvgIpc) is 3.13. The molecule has 7 nitrogen and oxygen atoms in total. The number of hydrogen-bond donors (Lipinski definition) is 3. The molecule has 0 spiro atoms. The lowest BCUT2D eigenvalue weighted by molar-refractivity contribution is 0.0694. The number of aromatic nitrogens is 2. The first-order valence-electron chi connectivity index (χ1n) is 9.11. The third-order valence-corrected chi connectivity index (χ3v) is 5.14. The number of aliphatic hydroxyl groups is 1. The molecule has 0 bridgehead atoms. The van der Waals surface area contributed by atoms with Gasteiger partial charge in [0.05, 0.1) is 10.5 Å². The summed E-state index contributed by atoms with van der Waals surface area (Å²) in [5.74, 6) is -0.459. The van der Waals surface area contributed by atoms with E-state index >= 15 is 0 Å². The number of carbonyl (C=O) groups excluding carboxylic acids is 1. The zero-order chi connectivity index (χ0) is 21.8. The molecule has 2 rings (SSSR count). The summed E-state index contributed by atoms with van der Waals surface area (Å²) in [5.41, 5.74) is 1.31. The summed E-state index contributed by atoms with van der Waals surface area (Å²) >= 11 is 0.969. The number of hydroxylamine groups is 1. The zero-order valence-electron chi connectivity index (χ0n) is 17.0. The van der Waals surface area contributed by atoms with Gasteiger partial charge in [0.25, 0.3) is 12.3 Å². The zero-order valence-corrected chi connectivity index (χ0v) is 17.9. The fourth-order valence-corrected chi connectivity index (χ4v) is 2.90. The van der Waals surface area contributed by atoms with Crippen LogP contribution in [0.2, 0.25) is 0 Å². The maximum absolute atomic E-state index is 13.6. The second kappa shape index (κ2) is 9.10. The van der Waals surface area contributed by atoms with Crippen LogP contribution in [-0.2, 0) is 0 Å². The molecule has 10 heteroatoms. The van der Waals surface area contributed by atoms with Gasteiger partial charge in [-0.3, -0.25) is 4.79 Å². The predicted octanol–water partition coefficient (Wildman–Crippen LogP) is 3.72. The molecule has 0 saturated heterocycles. The van der Waals surface area contributed by atoms with Crippen LogP contribution >= 0.6 is 11.3 Å². The molecule has 2 aromatic rings. The maximum atomic E-state index is 13.6. The Morgan fingerprint density at radius 1 is 1.28 bits per heavy atom. The number of thiazole rings is 1. The van der Waals surface area contributed by atoms with Crippen molar-refractivity contribution in [1.82, 2.24) is 20.8 Å². The molecule has 0 unspecified atom stereocenters. The quantitative estimate of drug-likeness (QED) is 0.527. The molecule has 29 heavy (non-hydrogen) atoms. The molecule has 0 saturated carbocycles. The van der Waals surface area contributed by atoms with Crippen LogP contribution in [0.15, 0.2) is 18.5 Å². The molecule has 0 aromatic carbocycles. The van der Waals surface area contributed by atoms with E-state index in [2.05, 4.69) is 20.8 Å². The van der Waals surface area contributed by atoms with E-state index in [1.165, 1.54) is 18.5 Å². The van der Waals surface area contributed by atoms with Crippen LogP contribution in [0.3, 0.4) is 0 Å². The Balaban J connectivity index is 2.22. The van der Waals surface area contributed by atoms with E-state index in [4.69, 9.17) is 4.84 Å². The SMILES string of the molecule is CCC(C)(C)NOc1cc(C(F)F)c(-c2cnc(C(=O)NCC(C)(C)O)s2)cn1. The van der Waals surface area contributed by atoms with Crippen molar-refractivity contribution in [1.29, 1.82) is 0 Å². The molecule has 0 aliphatic rings. The summed E-state index contributed by atoms with van der Waals surface area (Å²) < 4.78 is 27.2. The Labute approximate surface area is 172 Å². The Morgan fingerprint density at radius 2 is 1.97 bits per heavy atom. The first kappa shape index (κ1) is 23.1. The molecule has 3 N–H and O–H groups in total. The largest absolute Gasteiger partial charge is 0.389 e. The van der Waals surface area contributed by atoms with Gasteiger partial charge in [0.1, 0.15) is 0 Å². The van der Waals surface area contributed by atoms with E-state index in [0.717, 1.165) is 17.8 Å². The van der Waals surface area contributed by atoms with Crippen LogP contribution in [-0.4, -0.2) is 38.7 Å². The Hall–Kier alpha value is -2.17. The number of amides is 1. The van der Waals surface area contributed by atoms with Crippen molar-refractivity contribution in [3.05, 3.63) is 29.0 Å².